The molecule has 1 aromatic carbocycles. The van der Waals surface area contributed by atoms with Crippen LogP contribution in [0.3, 0.4) is 0 Å². The van der Waals surface area contributed by atoms with E-state index in [1.165, 1.54) is 0 Å². The van der Waals surface area contributed by atoms with Gasteiger partial charge in [-0.1, -0.05) is 0 Å². The Kier molecular flexibility index (Phi) is 3.78. The average Bonchev–Trinajstić information content (AvgIpc) is 2.46. The van der Waals surface area contributed by atoms with Gasteiger partial charge in [0, 0.05) is 31.4 Å². The van der Waals surface area contributed by atoms with Gasteiger partial charge in [0.2, 0.25) is 5.91 Å². The van der Waals surface area contributed by atoms with Gasteiger partial charge in [-0.05, 0) is 36.8 Å². The number of hydrogen-bond acceptors (Lipinski definition) is 4. The van der Waals surface area contributed by atoms with Gasteiger partial charge in [-0.15, -0.1) is 0 Å². The second-order valence-electron chi connectivity index (χ2n) is 5.46. The Morgan fingerprint density at radius 1 is 1.30 bits per heavy atom. The number of carbonyl (C=O) groups is 1. The number of amides is 1. The second kappa shape index (κ2) is 5.71. The maximum Gasteiger partial charge on any atom is 0.224 e. The lowest BCUT2D eigenvalue weighted by atomic mass is 10.0. The van der Waals surface area contributed by atoms with Gasteiger partial charge in [-0.25, -0.2) is 0 Å². The van der Waals surface area contributed by atoms with E-state index in [-0.39, 0.29) is 5.91 Å². The highest BCUT2D eigenvalue weighted by Gasteiger charge is 2.19. The molecule has 0 saturated carbocycles. The fraction of sp³-hybridized carbons (Fsp3) is 0.533. The van der Waals surface area contributed by atoms with Crippen molar-refractivity contribution >= 4 is 17.3 Å². The summed E-state index contributed by atoms with van der Waals surface area (Å²) in [6.07, 6.45) is 3.32. The van der Waals surface area contributed by atoms with Crippen LogP contribution in [-0.4, -0.2) is 25.7 Å². The molecule has 0 radical (unpaired) electrons. The van der Waals surface area contributed by atoms with Crippen LogP contribution < -0.4 is 15.8 Å². The molecule has 3 N–H and O–H groups in total. The van der Waals surface area contributed by atoms with Crippen LogP contribution >= 0.6 is 0 Å². The fourth-order valence-corrected chi connectivity index (χ4v) is 2.67. The topological polar surface area (TPSA) is 73.6 Å². The maximum absolute atomic E-state index is 11.4. The number of rotatable bonds is 3. The maximum atomic E-state index is 11.4. The summed E-state index contributed by atoms with van der Waals surface area (Å²) in [6, 6.07) is 3.76. The molecular weight excluding hydrogens is 256 g/mol. The first kappa shape index (κ1) is 13.2. The molecule has 0 unspecified atom stereocenters. The van der Waals surface area contributed by atoms with E-state index in [0.717, 1.165) is 43.7 Å². The smallest absolute Gasteiger partial charge is 0.224 e. The molecule has 2 aliphatic heterocycles. The summed E-state index contributed by atoms with van der Waals surface area (Å²) in [6.45, 7) is 2.27. The van der Waals surface area contributed by atoms with Crippen molar-refractivity contribution in [3.8, 4) is 5.75 Å². The van der Waals surface area contributed by atoms with Crippen LogP contribution in [0, 0.1) is 5.92 Å². The zero-order chi connectivity index (χ0) is 13.9. The molecule has 1 saturated heterocycles. The van der Waals surface area contributed by atoms with Crippen molar-refractivity contribution < 1.29 is 14.3 Å². The third-order valence-corrected chi connectivity index (χ3v) is 3.95. The van der Waals surface area contributed by atoms with Gasteiger partial charge < -0.3 is 20.5 Å². The molecule has 108 valence electrons. The average molecular weight is 276 g/mol. The SMILES string of the molecule is Nc1cc2c(cc1OCC1CCOCC1)NC(=O)CC2. The molecule has 0 spiro atoms. The monoisotopic (exact) mass is 276 g/mol. The highest BCUT2D eigenvalue weighted by Crippen LogP contribution is 2.33. The minimum atomic E-state index is 0.0534. The van der Waals surface area contributed by atoms with E-state index < -0.39 is 0 Å². The normalized spacial score (nSPS) is 19.3. The van der Waals surface area contributed by atoms with Crippen molar-refractivity contribution in [3.63, 3.8) is 0 Å². The second-order valence-corrected chi connectivity index (χ2v) is 5.46. The highest BCUT2D eigenvalue weighted by atomic mass is 16.5. The van der Waals surface area contributed by atoms with Gasteiger partial charge in [-0.2, -0.15) is 0 Å². The molecule has 3 rings (SSSR count). The third kappa shape index (κ3) is 2.88. The van der Waals surface area contributed by atoms with Crippen LogP contribution in [-0.2, 0) is 16.0 Å². The van der Waals surface area contributed by atoms with Crippen molar-refractivity contribution in [1.82, 2.24) is 0 Å². The molecule has 1 fully saturated rings. The summed E-state index contributed by atoms with van der Waals surface area (Å²) < 4.78 is 11.2. The molecule has 20 heavy (non-hydrogen) atoms. The third-order valence-electron chi connectivity index (χ3n) is 3.95. The van der Waals surface area contributed by atoms with Crippen molar-refractivity contribution in [3.05, 3.63) is 17.7 Å². The fourth-order valence-electron chi connectivity index (χ4n) is 2.67. The number of aryl methyl sites for hydroxylation is 1. The summed E-state index contributed by atoms with van der Waals surface area (Å²) in [4.78, 5) is 11.4. The summed E-state index contributed by atoms with van der Waals surface area (Å²) in [5.74, 6) is 1.24. The van der Waals surface area contributed by atoms with Crippen LogP contribution in [0.15, 0.2) is 12.1 Å². The van der Waals surface area contributed by atoms with E-state index >= 15 is 0 Å². The van der Waals surface area contributed by atoms with Crippen molar-refractivity contribution in [2.75, 3.05) is 30.9 Å². The molecule has 0 aromatic heterocycles. The summed E-state index contributed by atoms with van der Waals surface area (Å²) in [7, 11) is 0. The molecular formula is C15H20N2O3. The molecule has 2 aliphatic rings. The minimum Gasteiger partial charge on any atom is -0.491 e. The van der Waals surface area contributed by atoms with E-state index in [4.69, 9.17) is 15.2 Å². The quantitative estimate of drug-likeness (QED) is 0.828. The predicted octanol–water partition coefficient (Wildman–Crippen LogP) is 1.96. The van der Waals surface area contributed by atoms with Gasteiger partial charge in [0.05, 0.1) is 12.3 Å². The predicted molar refractivity (Wildman–Crippen MR) is 76.8 cm³/mol. The molecule has 0 atom stereocenters. The first-order valence-electron chi connectivity index (χ1n) is 7.15. The lowest BCUT2D eigenvalue weighted by Crippen LogP contribution is -2.22. The lowest BCUT2D eigenvalue weighted by molar-refractivity contribution is -0.116. The molecule has 5 heteroatoms. The zero-order valence-electron chi connectivity index (χ0n) is 11.5. The molecule has 1 amide bonds. The Morgan fingerprint density at radius 3 is 2.90 bits per heavy atom. The lowest BCUT2D eigenvalue weighted by Gasteiger charge is -2.23. The van der Waals surface area contributed by atoms with Crippen LogP contribution in [0.5, 0.6) is 5.75 Å². The zero-order valence-corrected chi connectivity index (χ0v) is 11.5. The van der Waals surface area contributed by atoms with Gasteiger partial charge in [0.15, 0.2) is 0 Å². The van der Waals surface area contributed by atoms with Gasteiger partial charge in [-0.3, -0.25) is 4.79 Å². The number of carbonyl (C=O) groups excluding carboxylic acids is 1. The minimum absolute atomic E-state index is 0.0534. The molecule has 1 aromatic rings. The van der Waals surface area contributed by atoms with Crippen molar-refractivity contribution in [1.29, 1.82) is 0 Å². The number of anilines is 2. The van der Waals surface area contributed by atoms with Crippen LogP contribution in [0.2, 0.25) is 0 Å². The Bertz CT molecular complexity index is 510. The van der Waals surface area contributed by atoms with Gasteiger partial charge in [0.25, 0.3) is 0 Å². The molecule has 5 nitrogen and oxygen atoms in total. The number of hydrogen-bond donors (Lipinski definition) is 2. The standard InChI is InChI=1S/C15H20N2O3/c16-12-7-11-1-2-15(18)17-13(11)8-14(12)20-9-10-3-5-19-6-4-10/h7-8,10H,1-6,9,16H2,(H,17,18). The largest absolute Gasteiger partial charge is 0.491 e. The summed E-state index contributed by atoms with van der Waals surface area (Å²) in [5, 5.41) is 2.87. The Morgan fingerprint density at radius 2 is 2.10 bits per heavy atom. The van der Waals surface area contributed by atoms with E-state index in [9.17, 15) is 4.79 Å². The van der Waals surface area contributed by atoms with E-state index in [1.807, 2.05) is 12.1 Å². The number of benzene rings is 1. The molecule has 0 bridgehead atoms. The molecule has 0 aliphatic carbocycles. The number of nitrogen functional groups attached to an aromatic ring is 1. The first-order valence-corrected chi connectivity index (χ1v) is 7.15. The van der Waals surface area contributed by atoms with E-state index in [1.54, 1.807) is 0 Å². The first-order chi connectivity index (χ1) is 9.72. The molecule has 2 heterocycles. The van der Waals surface area contributed by atoms with Crippen molar-refractivity contribution in [2.24, 2.45) is 5.92 Å². The number of fused-ring (bicyclic) bond motifs is 1. The van der Waals surface area contributed by atoms with E-state index in [2.05, 4.69) is 5.32 Å². The van der Waals surface area contributed by atoms with Crippen LogP contribution in [0.4, 0.5) is 11.4 Å². The Balaban J connectivity index is 1.69. The Hall–Kier alpha value is -1.75. The van der Waals surface area contributed by atoms with Crippen molar-refractivity contribution in [2.45, 2.75) is 25.7 Å². The van der Waals surface area contributed by atoms with Crippen LogP contribution in [0.25, 0.3) is 0 Å². The highest BCUT2D eigenvalue weighted by molar-refractivity contribution is 5.94. The Labute approximate surface area is 118 Å². The summed E-state index contributed by atoms with van der Waals surface area (Å²) >= 11 is 0. The summed E-state index contributed by atoms with van der Waals surface area (Å²) in [5.41, 5.74) is 8.59. The van der Waals surface area contributed by atoms with Crippen LogP contribution in [0.1, 0.15) is 24.8 Å². The van der Waals surface area contributed by atoms with Gasteiger partial charge >= 0.3 is 0 Å². The number of ether oxygens (including phenoxy) is 2. The van der Waals surface area contributed by atoms with Gasteiger partial charge in [0.1, 0.15) is 5.75 Å². The number of nitrogens with two attached hydrogens (primary N) is 1. The number of nitrogens with one attached hydrogen (secondary N) is 1. The van der Waals surface area contributed by atoms with E-state index in [0.29, 0.717) is 30.4 Å².